The number of nitrogen functional groups attached to an aromatic ring is 1. The summed E-state index contributed by atoms with van der Waals surface area (Å²) >= 11 is 0. The van der Waals surface area contributed by atoms with Crippen molar-refractivity contribution in [2.75, 3.05) is 17.6 Å². The van der Waals surface area contributed by atoms with Crippen LogP contribution in [0.2, 0.25) is 0 Å². The van der Waals surface area contributed by atoms with E-state index in [2.05, 4.69) is 21.9 Å². The Bertz CT molecular complexity index is 1500. The highest BCUT2D eigenvalue weighted by molar-refractivity contribution is 6.05. The summed E-state index contributed by atoms with van der Waals surface area (Å²) in [6.07, 6.45) is 5.57. The molecule has 3 unspecified atom stereocenters. The van der Waals surface area contributed by atoms with Crippen LogP contribution in [0.4, 0.5) is 11.5 Å². The number of amides is 2. The minimum Gasteiger partial charge on any atom is -0.383 e. The third-order valence-corrected chi connectivity index (χ3v) is 7.55. The Morgan fingerprint density at radius 3 is 2.59 bits per heavy atom. The van der Waals surface area contributed by atoms with Gasteiger partial charge in [0.25, 0.3) is 5.91 Å². The van der Waals surface area contributed by atoms with Gasteiger partial charge in [-0.15, -0.1) is 0 Å². The van der Waals surface area contributed by atoms with E-state index in [4.69, 9.17) is 10.8 Å². The number of carbonyl (C=O) groups is 2. The Kier molecular flexibility index (Phi) is 5.67. The summed E-state index contributed by atoms with van der Waals surface area (Å²) in [7, 11) is 0. The zero-order valence-electron chi connectivity index (χ0n) is 20.2. The van der Waals surface area contributed by atoms with Gasteiger partial charge in [-0.25, -0.2) is 14.6 Å². The van der Waals surface area contributed by atoms with Gasteiger partial charge in [-0.2, -0.15) is 5.10 Å². The van der Waals surface area contributed by atoms with Gasteiger partial charge in [-0.1, -0.05) is 36.9 Å². The van der Waals surface area contributed by atoms with Crippen molar-refractivity contribution in [2.24, 2.45) is 5.92 Å². The first-order chi connectivity index (χ1) is 18.0. The lowest BCUT2D eigenvalue weighted by molar-refractivity contribution is -0.127. The van der Waals surface area contributed by atoms with Gasteiger partial charge in [0, 0.05) is 29.4 Å². The molecule has 3 N–H and O–H groups in total. The van der Waals surface area contributed by atoms with E-state index in [1.165, 1.54) is 12.4 Å². The van der Waals surface area contributed by atoms with Gasteiger partial charge in [0.15, 0.2) is 5.65 Å². The number of hydrogen-bond donors (Lipinski definition) is 2. The Balaban J connectivity index is 1.31. The molecule has 0 radical (unpaired) electrons. The molecule has 1 saturated heterocycles. The smallest absolute Gasteiger partial charge is 0.255 e. The first kappa shape index (κ1) is 22.9. The number of rotatable bonds is 5. The van der Waals surface area contributed by atoms with Crippen molar-refractivity contribution in [3.05, 3.63) is 79.1 Å². The van der Waals surface area contributed by atoms with Gasteiger partial charge in [0.2, 0.25) is 5.91 Å². The molecule has 3 heterocycles. The first-order valence-electron chi connectivity index (χ1n) is 12.4. The number of benzene rings is 2. The first-order valence-corrected chi connectivity index (χ1v) is 12.4. The maximum absolute atomic E-state index is 12.7. The van der Waals surface area contributed by atoms with E-state index in [1.54, 1.807) is 12.1 Å². The van der Waals surface area contributed by atoms with E-state index in [-0.39, 0.29) is 23.9 Å². The van der Waals surface area contributed by atoms with Crippen molar-refractivity contribution in [1.82, 2.24) is 24.6 Å². The van der Waals surface area contributed by atoms with Crippen molar-refractivity contribution < 1.29 is 9.59 Å². The van der Waals surface area contributed by atoms with E-state index in [0.717, 1.165) is 37.1 Å². The van der Waals surface area contributed by atoms with Crippen LogP contribution in [-0.2, 0) is 4.79 Å². The summed E-state index contributed by atoms with van der Waals surface area (Å²) in [6.45, 7) is 4.43. The van der Waals surface area contributed by atoms with Gasteiger partial charge < -0.3 is 16.0 Å². The fourth-order valence-electron chi connectivity index (χ4n) is 5.78. The van der Waals surface area contributed by atoms with E-state index >= 15 is 0 Å². The Morgan fingerprint density at radius 2 is 1.84 bits per heavy atom. The molecule has 9 nitrogen and oxygen atoms in total. The van der Waals surface area contributed by atoms with Crippen LogP contribution < -0.4 is 11.1 Å². The van der Waals surface area contributed by atoms with Crippen molar-refractivity contribution in [1.29, 1.82) is 0 Å². The van der Waals surface area contributed by atoms with Crippen LogP contribution in [0.25, 0.3) is 22.3 Å². The van der Waals surface area contributed by atoms with Crippen LogP contribution in [-0.4, -0.2) is 49.0 Å². The van der Waals surface area contributed by atoms with Crippen LogP contribution in [0.5, 0.6) is 0 Å². The second-order valence-electron chi connectivity index (χ2n) is 9.63. The number of para-hydroxylation sites is 1. The highest BCUT2D eigenvalue weighted by atomic mass is 16.2. The Labute approximate surface area is 214 Å². The maximum atomic E-state index is 12.7. The minimum atomic E-state index is -0.188. The number of nitrogens with zero attached hydrogens (tertiary/aromatic N) is 5. The molecule has 6 rings (SSSR count). The molecule has 2 aromatic heterocycles. The fourth-order valence-corrected chi connectivity index (χ4v) is 5.78. The molecule has 0 bridgehead atoms. The lowest BCUT2D eigenvalue weighted by Crippen LogP contribution is -2.35. The lowest BCUT2D eigenvalue weighted by atomic mass is 10.0. The third-order valence-electron chi connectivity index (χ3n) is 7.55. The molecule has 37 heavy (non-hydrogen) atoms. The molecule has 186 valence electrons. The molecule has 9 heteroatoms. The number of carbonyl (C=O) groups excluding carboxylic acids is 2. The summed E-state index contributed by atoms with van der Waals surface area (Å²) in [6, 6.07) is 16.9. The predicted octanol–water partition coefficient (Wildman–Crippen LogP) is 4.07. The van der Waals surface area contributed by atoms with Gasteiger partial charge in [-0.3, -0.25) is 9.59 Å². The van der Waals surface area contributed by atoms with Gasteiger partial charge in [-0.05, 0) is 55.5 Å². The monoisotopic (exact) mass is 493 g/mol. The van der Waals surface area contributed by atoms with Crippen LogP contribution in [0.15, 0.2) is 73.6 Å². The highest BCUT2D eigenvalue weighted by Crippen LogP contribution is 2.45. The fraction of sp³-hybridized carbons (Fsp3) is 0.250. The van der Waals surface area contributed by atoms with Gasteiger partial charge in [0.05, 0.1) is 11.4 Å². The van der Waals surface area contributed by atoms with Crippen molar-refractivity contribution in [3.63, 3.8) is 0 Å². The van der Waals surface area contributed by atoms with E-state index in [0.29, 0.717) is 34.0 Å². The van der Waals surface area contributed by atoms with Gasteiger partial charge >= 0.3 is 0 Å². The molecule has 1 saturated carbocycles. The number of nitrogens with one attached hydrogen (secondary N) is 1. The summed E-state index contributed by atoms with van der Waals surface area (Å²) in [5.41, 5.74) is 9.77. The molecule has 1 aliphatic heterocycles. The topological polar surface area (TPSA) is 119 Å². The van der Waals surface area contributed by atoms with E-state index in [1.807, 2.05) is 52.0 Å². The van der Waals surface area contributed by atoms with Crippen molar-refractivity contribution in [2.45, 2.75) is 31.3 Å². The maximum Gasteiger partial charge on any atom is 0.255 e. The minimum absolute atomic E-state index is 0.0119. The van der Waals surface area contributed by atoms with Gasteiger partial charge in [0.1, 0.15) is 17.8 Å². The Hall–Kier alpha value is -4.53. The molecular weight excluding hydrogens is 466 g/mol. The number of nitrogens with two attached hydrogens (primary N) is 1. The zero-order chi connectivity index (χ0) is 25.5. The molecule has 2 aromatic carbocycles. The van der Waals surface area contributed by atoms with Crippen LogP contribution >= 0.6 is 0 Å². The molecule has 2 amide bonds. The summed E-state index contributed by atoms with van der Waals surface area (Å²) in [5, 5.41) is 8.57. The number of hydrogen-bond acceptors (Lipinski definition) is 6. The average Bonchev–Trinajstić information content (AvgIpc) is 3.62. The average molecular weight is 494 g/mol. The van der Waals surface area contributed by atoms with Crippen LogP contribution in [0, 0.1) is 5.92 Å². The highest BCUT2D eigenvalue weighted by Gasteiger charge is 2.45. The number of fused-ring (bicyclic) bond motifs is 2. The summed E-state index contributed by atoms with van der Waals surface area (Å²) in [5.74, 6) is 0.589. The number of aromatic nitrogens is 4. The quantitative estimate of drug-likeness (QED) is 0.405. The van der Waals surface area contributed by atoms with E-state index in [9.17, 15) is 9.59 Å². The molecule has 2 aliphatic rings. The second kappa shape index (κ2) is 9.16. The molecule has 0 spiro atoms. The molecule has 1 aliphatic carbocycles. The molecule has 4 aromatic rings. The molecular formula is C28H27N7O2. The zero-order valence-corrected chi connectivity index (χ0v) is 20.2. The number of likely N-dealkylation sites (tertiary alicyclic amines) is 1. The lowest BCUT2D eigenvalue weighted by Gasteiger charge is -2.23. The SMILES string of the molecule is C=CC(=O)N1CCC2CC(n3nc(-c4ccc(C(=O)Nc5ccccc5)cc4)c4c(N)ncnc43)CC21. The molecule has 2 fully saturated rings. The summed E-state index contributed by atoms with van der Waals surface area (Å²) < 4.78 is 1.95. The number of anilines is 2. The summed E-state index contributed by atoms with van der Waals surface area (Å²) in [4.78, 5) is 35.7. The van der Waals surface area contributed by atoms with Crippen molar-refractivity contribution >= 4 is 34.4 Å². The second-order valence-corrected chi connectivity index (χ2v) is 9.63. The normalized spacial score (nSPS) is 20.6. The third kappa shape index (κ3) is 4.02. The standard InChI is InChI=1S/C28H27N7O2/c1-2-23(36)34-13-12-19-14-21(15-22(19)34)35-27-24(26(29)30-16-31-27)25(33-35)17-8-10-18(11-9-17)28(37)32-20-6-4-3-5-7-20/h2-11,16,19,21-22H,1,12-15H2,(H,32,37)(H2,29,30,31). The van der Waals surface area contributed by atoms with Crippen LogP contribution in [0.3, 0.4) is 0 Å². The van der Waals surface area contributed by atoms with Crippen molar-refractivity contribution in [3.8, 4) is 11.3 Å². The van der Waals surface area contributed by atoms with E-state index < -0.39 is 0 Å². The largest absolute Gasteiger partial charge is 0.383 e. The van der Waals surface area contributed by atoms with Crippen LogP contribution in [0.1, 0.15) is 35.7 Å². The predicted molar refractivity (Wildman–Crippen MR) is 142 cm³/mol. The molecule has 3 atom stereocenters. The Morgan fingerprint density at radius 1 is 1.05 bits per heavy atom.